The molecule has 1 aromatic rings. The van der Waals surface area contributed by atoms with Gasteiger partial charge in [-0.25, -0.2) is 0 Å². The van der Waals surface area contributed by atoms with Crippen molar-refractivity contribution in [2.24, 2.45) is 0 Å². The summed E-state index contributed by atoms with van der Waals surface area (Å²) >= 11 is 0. The van der Waals surface area contributed by atoms with Crippen LogP contribution >= 0.6 is 0 Å². The average molecular weight is 293 g/mol. The molecule has 6 nitrogen and oxygen atoms in total. The number of alkyl halides is 3. The molecule has 0 aromatic carbocycles. The number of nitrogens with one attached hydrogen (secondary N) is 1. The Labute approximate surface area is 112 Å². The van der Waals surface area contributed by atoms with E-state index in [-0.39, 0.29) is 12.1 Å². The van der Waals surface area contributed by atoms with E-state index < -0.39 is 31.1 Å². The van der Waals surface area contributed by atoms with Crippen molar-refractivity contribution in [2.45, 2.75) is 33.0 Å². The van der Waals surface area contributed by atoms with Crippen LogP contribution in [0.25, 0.3) is 0 Å². The van der Waals surface area contributed by atoms with Crippen molar-refractivity contribution in [3.63, 3.8) is 0 Å². The maximum atomic E-state index is 12.3. The van der Waals surface area contributed by atoms with Gasteiger partial charge in [-0.1, -0.05) is 0 Å². The van der Waals surface area contributed by atoms with Crippen LogP contribution in [0, 0.1) is 13.8 Å². The van der Waals surface area contributed by atoms with Gasteiger partial charge in [0.2, 0.25) is 5.91 Å². The van der Waals surface area contributed by atoms with Crippen molar-refractivity contribution in [1.82, 2.24) is 15.1 Å². The van der Waals surface area contributed by atoms with Gasteiger partial charge in [-0.3, -0.25) is 14.3 Å². The number of halogens is 3. The fourth-order valence-corrected chi connectivity index (χ4v) is 1.71. The van der Waals surface area contributed by atoms with Gasteiger partial charge >= 0.3 is 12.1 Å². The molecule has 1 amide bonds. The van der Waals surface area contributed by atoms with Crippen LogP contribution in [0.15, 0.2) is 0 Å². The Morgan fingerprint density at radius 1 is 1.35 bits per heavy atom. The van der Waals surface area contributed by atoms with Crippen molar-refractivity contribution in [3.8, 4) is 0 Å². The third-order valence-electron chi connectivity index (χ3n) is 2.63. The number of rotatable bonds is 5. The summed E-state index contributed by atoms with van der Waals surface area (Å²) in [5, 5.41) is 14.3. The molecule has 112 valence electrons. The number of nitrogens with zero attached hydrogens (tertiary/aromatic N) is 2. The summed E-state index contributed by atoms with van der Waals surface area (Å²) in [5.41, 5.74) is 0.930. The van der Waals surface area contributed by atoms with Gasteiger partial charge in [0.15, 0.2) is 0 Å². The van der Waals surface area contributed by atoms with E-state index in [9.17, 15) is 22.8 Å². The topological polar surface area (TPSA) is 84.2 Å². The van der Waals surface area contributed by atoms with Crippen molar-refractivity contribution in [2.75, 3.05) is 6.54 Å². The van der Waals surface area contributed by atoms with Crippen molar-refractivity contribution in [1.29, 1.82) is 0 Å². The summed E-state index contributed by atoms with van der Waals surface area (Å²) in [6.07, 6.45) is -4.60. The molecule has 0 aliphatic heterocycles. The Morgan fingerprint density at radius 3 is 2.45 bits per heavy atom. The molecule has 0 aliphatic rings. The normalized spacial score (nSPS) is 11.4. The number of aryl methyl sites for hydroxylation is 1. The fourth-order valence-electron chi connectivity index (χ4n) is 1.71. The number of hydrogen-bond acceptors (Lipinski definition) is 3. The molecule has 0 radical (unpaired) electrons. The van der Waals surface area contributed by atoms with Crippen molar-refractivity contribution in [3.05, 3.63) is 17.0 Å². The van der Waals surface area contributed by atoms with Crippen LogP contribution in [-0.4, -0.2) is 39.5 Å². The van der Waals surface area contributed by atoms with Gasteiger partial charge in [0.25, 0.3) is 0 Å². The molecule has 0 bridgehead atoms. The first-order chi connectivity index (χ1) is 9.10. The number of carboxylic acid groups (broad SMARTS) is 1. The zero-order valence-electron chi connectivity index (χ0n) is 10.9. The molecule has 0 atom stereocenters. The molecule has 0 spiro atoms. The minimum Gasteiger partial charge on any atom is -0.480 e. The van der Waals surface area contributed by atoms with Crippen molar-refractivity contribution < 1.29 is 27.9 Å². The summed E-state index contributed by atoms with van der Waals surface area (Å²) < 4.78 is 37.8. The summed E-state index contributed by atoms with van der Waals surface area (Å²) in [6, 6.07) is 0. The zero-order valence-corrected chi connectivity index (χ0v) is 10.9. The van der Waals surface area contributed by atoms with Gasteiger partial charge in [-0.2, -0.15) is 18.3 Å². The quantitative estimate of drug-likeness (QED) is 0.841. The van der Waals surface area contributed by atoms with Gasteiger partial charge < -0.3 is 10.4 Å². The Morgan fingerprint density at radius 2 is 1.95 bits per heavy atom. The van der Waals surface area contributed by atoms with E-state index in [1.807, 2.05) is 0 Å². The number of hydrogen-bond donors (Lipinski definition) is 2. The number of amides is 1. The Balaban J connectivity index is 2.81. The van der Waals surface area contributed by atoms with Crippen LogP contribution in [0.2, 0.25) is 0 Å². The predicted molar refractivity (Wildman–Crippen MR) is 62.1 cm³/mol. The number of carboxylic acids is 1. The minimum atomic E-state index is -4.40. The van der Waals surface area contributed by atoms with E-state index in [0.29, 0.717) is 11.3 Å². The number of aromatic nitrogens is 2. The molecule has 0 fully saturated rings. The number of carbonyl (C=O) groups is 2. The smallest absolute Gasteiger partial charge is 0.408 e. The SMILES string of the molecule is Cc1nn(CC(F)(F)F)c(C)c1CC(=O)NCC(=O)O. The van der Waals surface area contributed by atoms with E-state index in [2.05, 4.69) is 10.4 Å². The first-order valence-corrected chi connectivity index (χ1v) is 5.68. The van der Waals surface area contributed by atoms with Crippen LogP contribution in [-0.2, 0) is 22.6 Å². The average Bonchev–Trinajstić information content (AvgIpc) is 2.52. The molecule has 1 heterocycles. The highest BCUT2D eigenvalue weighted by Crippen LogP contribution is 2.21. The second-order valence-corrected chi connectivity index (χ2v) is 4.27. The largest absolute Gasteiger partial charge is 0.480 e. The zero-order chi connectivity index (χ0) is 15.5. The van der Waals surface area contributed by atoms with Gasteiger partial charge in [-0.15, -0.1) is 0 Å². The Bertz CT molecular complexity index is 523. The summed E-state index contributed by atoms with van der Waals surface area (Å²) in [4.78, 5) is 21.8. The van der Waals surface area contributed by atoms with Crippen molar-refractivity contribution >= 4 is 11.9 Å². The minimum absolute atomic E-state index is 0.206. The summed E-state index contributed by atoms with van der Waals surface area (Å²) in [7, 11) is 0. The lowest BCUT2D eigenvalue weighted by molar-refractivity contribution is -0.143. The van der Waals surface area contributed by atoms with Crippen LogP contribution in [0.1, 0.15) is 17.0 Å². The molecule has 2 N–H and O–H groups in total. The molecule has 0 unspecified atom stereocenters. The van der Waals surface area contributed by atoms with E-state index in [4.69, 9.17) is 5.11 Å². The Kier molecular flexibility index (Phi) is 4.74. The second-order valence-electron chi connectivity index (χ2n) is 4.27. The molecule has 0 aliphatic carbocycles. The van der Waals surface area contributed by atoms with Gasteiger partial charge in [0, 0.05) is 11.3 Å². The molecule has 9 heteroatoms. The van der Waals surface area contributed by atoms with E-state index in [0.717, 1.165) is 4.68 Å². The number of aliphatic carboxylic acids is 1. The highest BCUT2D eigenvalue weighted by Gasteiger charge is 2.30. The monoisotopic (exact) mass is 293 g/mol. The molecular formula is C11H14F3N3O3. The molecular weight excluding hydrogens is 279 g/mol. The van der Waals surface area contributed by atoms with E-state index in [1.165, 1.54) is 13.8 Å². The first-order valence-electron chi connectivity index (χ1n) is 5.68. The summed E-state index contributed by atoms with van der Waals surface area (Å²) in [6.45, 7) is 1.18. The van der Waals surface area contributed by atoms with Crippen LogP contribution in [0.4, 0.5) is 13.2 Å². The van der Waals surface area contributed by atoms with Gasteiger partial charge in [0.05, 0.1) is 12.1 Å². The molecule has 0 saturated carbocycles. The van der Waals surface area contributed by atoms with Gasteiger partial charge in [-0.05, 0) is 13.8 Å². The lowest BCUT2D eigenvalue weighted by Gasteiger charge is -2.08. The maximum Gasteiger partial charge on any atom is 0.408 e. The third-order valence-corrected chi connectivity index (χ3v) is 2.63. The molecule has 1 aromatic heterocycles. The Hall–Kier alpha value is -2.06. The second kappa shape index (κ2) is 5.93. The van der Waals surface area contributed by atoms with Gasteiger partial charge in [0.1, 0.15) is 13.1 Å². The molecule has 1 rings (SSSR count). The first kappa shape index (κ1) is 16.0. The van der Waals surface area contributed by atoms with E-state index in [1.54, 1.807) is 0 Å². The third kappa shape index (κ3) is 4.56. The fraction of sp³-hybridized carbons (Fsp3) is 0.545. The maximum absolute atomic E-state index is 12.3. The standard InChI is InChI=1S/C11H14F3N3O3/c1-6-8(3-9(18)15-4-10(19)20)7(2)17(16-6)5-11(12,13)14/h3-5H2,1-2H3,(H,15,18)(H,19,20). The van der Waals surface area contributed by atoms with Crippen LogP contribution in [0.5, 0.6) is 0 Å². The van der Waals surface area contributed by atoms with E-state index >= 15 is 0 Å². The lowest BCUT2D eigenvalue weighted by atomic mass is 10.1. The molecule has 0 saturated heterocycles. The highest BCUT2D eigenvalue weighted by atomic mass is 19.4. The number of carbonyl (C=O) groups excluding carboxylic acids is 1. The predicted octanol–water partition coefficient (Wildman–Crippen LogP) is 0.806. The summed E-state index contributed by atoms with van der Waals surface area (Å²) in [5.74, 6) is -1.77. The van der Waals surface area contributed by atoms with Crippen LogP contribution < -0.4 is 5.32 Å². The lowest BCUT2D eigenvalue weighted by Crippen LogP contribution is -2.30. The van der Waals surface area contributed by atoms with Crippen LogP contribution in [0.3, 0.4) is 0 Å². The highest BCUT2D eigenvalue weighted by molar-refractivity contribution is 5.83. The molecule has 20 heavy (non-hydrogen) atoms.